The first-order valence-electron chi connectivity index (χ1n) is 4.04. The van der Waals surface area contributed by atoms with Crippen molar-refractivity contribution in [2.75, 3.05) is 5.33 Å². The van der Waals surface area contributed by atoms with Crippen molar-refractivity contribution in [3.63, 3.8) is 0 Å². The van der Waals surface area contributed by atoms with Crippen LogP contribution in [0.15, 0.2) is 0 Å². The molecule has 1 rings (SSSR count). The Morgan fingerprint density at radius 1 is 1.30 bits per heavy atom. The highest BCUT2D eigenvalue weighted by Crippen LogP contribution is 2.52. The van der Waals surface area contributed by atoms with Gasteiger partial charge in [-0.2, -0.15) is 0 Å². The van der Waals surface area contributed by atoms with Crippen LogP contribution in [0.2, 0.25) is 25.7 Å². The Balaban J connectivity index is 2.38. The number of hydrogen-bond acceptors (Lipinski definition) is 0. The van der Waals surface area contributed by atoms with Gasteiger partial charge in [-0.25, -0.2) is 0 Å². The van der Waals surface area contributed by atoms with Gasteiger partial charge < -0.3 is 0 Å². The average Bonchev–Trinajstić information content (AvgIpc) is 2.45. The van der Waals surface area contributed by atoms with E-state index in [9.17, 15) is 0 Å². The lowest BCUT2D eigenvalue weighted by atomic mass is 10.2. The molecule has 0 aromatic rings. The SMILES string of the molecule is C[Si](C)(C)CC1(CBr)CC1. The zero-order valence-electron chi connectivity index (χ0n) is 7.21. The maximum atomic E-state index is 3.61. The number of halogens is 1. The Morgan fingerprint density at radius 3 is 1.90 bits per heavy atom. The molecule has 0 heterocycles. The molecule has 0 nitrogen and oxygen atoms in total. The van der Waals surface area contributed by atoms with Crippen molar-refractivity contribution in [1.29, 1.82) is 0 Å². The predicted molar refractivity (Wildman–Crippen MR) is 53.6 cm³/mol. The maximum Gasteiger partial charge on any atom is 0.0448 e. The topological polar surface area (TPSA) is 0 Å². The first-order valence-corrected chi connectivity index (χ1v) is 8.86. The minimum Gasteiger partial charge on any atom is -0.0922 e. The lowest BCUT2D eigenvalue weighted by molar-refractivity contribution is 0.658. The molecule has 2 heteroatoms. The Morgan fingerprint density at radius 2 is 1.80 bits per heavy atom. The fourth-order valence-corrected chi connectivity index (χ4v) is 5.51. The maximum absolute atomic E-state index is 3.61. The minimum absolute atomic E-state index is 0.754. The van der Waals surface area contributed by atoms with E-state index in [1.54, 1.807) is 0 Å². The zero-order valence-corrected chi connectivity index (χ0v) is 9.79. The van der Waals surface area contributed by atoms with Crippen LogP contribution in [-0.4, -0.2) is 13.4 Å². The Bertz CT molecular complexity index is 122. The summed E-state index contributed by atoms with van der Waals surface area (Å²) in [5, 5.41) is 1.24. The summed E-state index contributed by atoms with van der Waals surface area (Å²) in [6.45, 7) is 7.40. The van der Waals surface area contributed by atoms with Crippen molar-refractivity contribution >= 4 is 24.0 Å². The van der Waals surface area contributed by atoms with E-state index >= 15 is 0 Å². The molecule has 0 radical (unpaired) electrons. The number of hydrogen-bond donors (Lipinski definition) is 0. The van der Waals surface area contributed by atoms with Crippen LogP contribution in [0, 0.1) is 5.41 Å². The average molecular weight is 221 g/mol. The van der Waals surface area contributed by atoms with Gasteiger partial charge in [0.15, 0.2) is 0 Å². The van der Waals surface area contributed by atoms with Gasteiger partial charge in [-0.3, -0.25) is 0 Å². The lowest BCUT2D eigenvalue weighted by Crippen LogP contribution is -2.25. The molecule has 1 saturated carbocycles. The molecule has 0 atom stereocenters. The molecular formula is C8H17BrSi. The quantitative estimate of drug-likeness (QED) is 0.505. The van der Waals surface area contributed by atoms with Gasteiger partial charge in [0.25, 0.3) is 0 Å². The molecule has 0 N–H and O–H groups in total. The summed E-state index contributed by atoms with van der Waals surface area (Å²) < 4.78 is 0. The van der Waals surface area contributed by atoms with Gasteiger partial charge in [-0.15, -0.1) is 0 Å². The van der Waals surface area contributed by atoms with Gasteiger partial charge in [0, 0.05) is 13.4 Å². The summed E-state index contributed by atoms with van der Waals surface area (Å²) in [5.41, 5.74) is 0.754. The van der Waals surface area contributed by atoms with Crippen molar-refractivity contribution in [2.24, 2.45) is 5.41 Å². The van der Waals surface area contributed by atoms with Crippen LogP contribution in [0.4, 0.5) is 0 Å². The minimum atomic E-state index is -0.781. The van der Waals surface area contributed by atoms with E-state index in [0.717, 1.165) is 5.41 Å². The predicted octanol–water partition coefficient (Wildman–Crippen LogP) is 3.50. The van der Waals surface area contributed by atoms with Gasteiger partial charge in [0.2, 0.25) is 0 Å². The van der Waals surface area contributed by atoms with Crippen molar-refractivity contribution in [2.45, 2.75) is 38.5 Å². The molecule has 1 aliphatic carbocycles. The van der Waals surface area contributed by atoms with Crippen molar-refractivity contribution < 1.29 is 0 Å². The molecule has 0 unspecified atom stereocenters. The van der Waals surface area contributed by atoms with Gasteiger partial charge in [0.1, 0.15) is 0 Å². The normalized spacial score (nSPS) is 22.8. The Labute approximate surface area is 73.5 Å². The van der Waals surface area contributed by atoms with Crippen LogP contribution in [0.25, 0.3) is 0 Å². The van der Waals surface area contributed by atoms with E-state index in [4.69, 9.17) is 0 Å². The van der Waals surface area contributed by atoms with E-state index in [1.165, 1.54) is 24.2 Å². The molecule has 0 spiro atoms. The number of alkyl halides is 1. The second-order valence-electron chi connectivity index (χ2n) is 4.87. The van der Waals surface area contributed by atoms with Crippen molar-refractivity contribution in [1.82, 2.24) is 0 Å². The molecule has 0 bridgehead atoms. The third-order valence-corrected chi connectivity index (χ3v) is 5.15. The molecule has 0 aromatic carbocycles. The smallest absolute Gasteiger partial charge is 0.0448 e. The van der Waals surface area contributed by atoms with E-state index in [-0.39, 0.29) is 0 Å². The first-order chi connectivity index (χ1) is 4.47. The van der Waals surface area contributed by atoms with Crippen molar-refractivity contribution in [3.8, 4) is 0 Å². The van der Waals surface area contributed by atoms with Crippen LogP contribution in [0.3, 0.4) is 0 Å². The van der Waals surface area contributed by atoms with Gasteiger partial charge in [0.05, 0.1) is 0 Å². The summed E-state index contributed by atoms with van der Waals surface area (Å²) in [4.78, 5) is 0. The van der Waals surface area contributed by atoms with E-state index in [1.807, 2.05) is 0 Å². The van der Waals surface area contributed by atoms with Crippen LogP contribution >= 0.6 is 15.9 Å². The highest BCUT2D eigenvalue weighted by Gasteiger charge is 2.44. The molecule has 0 amide bonds. The Hall–Kier alpha value is 0.697. The monoisotopic (exact) mass is 220 g/mol. The van der Waals surface area contributed by atoms with Gasteiger partial charge >= 0.3 is 0 Å². The fraction of sp³-hybridized carbons (Fsp3) is 1.00. The zero-order chi connectivity index (χ0) is 7.83. The van der Waals surface area contributed by atoms with Crippen LogP contribution in [0.1, 0.15) is 12.8 Å². The Kier molecular flexibility index (Phi) is 2.31. The summed E-state index contributed by atoms with van der Waals surface area (Å²) in [7, 11) is -0.781. The highest BCUT2D eigenvalue weighted by atomic mass is 79.9. The molecule has 10 heavy (non-hydrogen) atoms. The molecule has 0 aromatic heterocycles. The van der Waals surface area contributed by atoms with Crippen molar-refractivity contribution in [3.05, 3.63) is 0 Å². The summed E-state index contributed by atoms with van der Waals surface area (Å²) in [5.74, 6) is 0. The summed E-state index contributed by atoms with van der Waals surface area (Å²) in [6.07, 6.45) is 2.95. The molecule has 1 fully saturated rings. The largest absolute Gasteiger partial charge is 0.0922 e. The third-order valence-electron chi connectivity index (χ3n) is 2.15. The summed E-state index contributed by atoms with van der Waals surface area (Å²) >= 11 is 3.61. The van der Waals surface area contributed by atoms with Crippen LogP contribution in [0.5, 0.6) is 0 Å². The first kappa shape index (κ1) is 8.79. The van der Waals surface area contributed by atoms with Gasteiger partial charge in [-0.05, 0) is 18.3 Å². The fourth-order valence-electron chi connectivity index (χ4n) is 1.66. The standard InChI is InChI=1S/C8H17BrSi/c1-10(2,3)7-8(6-9)4-5-8/h4-7H2,1-3H3. The highest BCUT2D eigenvalue weighted by molar-refractivity contribution is 9.09. The molecule has 0 aliphatic heterocycles. The second kappa shape index (κ2) is 2.63. The molecular weight excluding hydrogens is 204 g/mol. The molecule has 60 valence electrons. The third kappa shape index (κ3) is 2.39. The van der Waals surface area contributed by atoms with E-state index in [0.29, 0.717) is 0 Å². The molecule has 0 saturated heterocycles. The summed E-state index contributed by atoms with van der Waals surface area (Å²) in [6, 6.07) is 1.52. The van der Waals surface area contributed by atoms with E-state index < -0.39 is 8.07 Å². The van der Waals surface area contributed by atoms with Gasteiger partial charge in [-0.1, -0.05) is 41.6 Å². The van der Waals surface area contributed by atoms with E-state index in [2.05, 4.69) is 35.6 Å². The van der Waals surface area contributed by atoms with Crippen LogP contribution in [-0.2, 0) is 0 Å². The lowest BCUT2D eigenvalue weighted by Gasteiger charge is -2.21. The van der Waals surface area contributed by atoms with Crippen LogP contribution < -0.4 is 0 Å². The second-order valence-corrected chi connectivity index (χ2v) is 10.9. The molecule has 1 aliphatic rings. The number of rotatable bonds is 3.